The molecule has 0 atom stereocenters. The van der Waals surface area contributed by atoms with E-state index in [4.69, 9.17) is 19.9 Å². The van der Waals surface area contributed by atoms with Crippen LogP contribution in [0.1, 0.15) is 32.1 Å². The smallest absolute Gasteiger partial charge is 0.309 e. The van der Waals surface area contributed by atoms with Crippen molar-refractivity contribution in [3.63, 3.8) is 0 Å². The molecule has 1 saturated carbocycles. The molecule has 0 bridgehead atoms. The van der Waals surface area contributed by atoms with Crippen LogP contribution in [-0.2, 0) is 19.0 Å². The minimum absolute atomic E-state index is 0.0660. The molecular weight excluding hydrogens is 246 g/mol. The monoisotopic (exact) mass is 273 g/mol. The highest BCUT2D eigenvalue weighted by atomic mass is 16.6. The lowest BCUT2D eigenvalue weighted by atomic mass is 9.82. The minimum Gasteiger partial charge on any atom is -0.463 e. The number of esters is 1. The van der Waals surface area contributed by atoms with Crippen molar-refractivity contribution in [3.8, 4) is 0 Å². The van der Waals surface area contributed by atoms with Crippen molar-refractivity contribution >= 4 is 5.97 Å². The molecule has 2 N–H and O–H groups in total. The van der Waals surface area contributed by atoms with Crippen molar-refractivity contribution in [2.45, 2.75) is 32.1 Å². The summed E-state index contributed by atoms with van der Waals surface area (Å²) < 4.78 is 15.5. The van der Waals surface area contributed by atoms with Gasteiger partial charge in [-0.3, -0.25) is 4.79 Å². The van der Waals surface area contributed by atoms with Crippen molar-refractivity contribution in [3.05, 3.63) is 0 Å². The number of rotatable bonds is 9. The molecular formula is C14H27NO4. The number of carbonyl (C=O) groups is 1. The molecule has 1 rings (SSSR count). The van der Waals surface area contributed by atoms with Gasteiger partial charge < -0.3 is 19.9 Å². The fraction of sp³-hybridized carbons (Fsp3) is 0.929. The molecule has 0 aliphatic heterocycles. The largest absolute Gasteiger partial charge is 0.463 e. The van der Waals surface area contributed by atoms with Crippen molar-refractivity contribution < 1.29 is 19.0 Å². The predicted octanol–water partition coefficient (Wildman–Crippen LogP) is 1.35. The highest BCUT2D eigenvalue weighted by molar-refractivity contribution is 5.72. The van der Waals surface area contributed by atoms with Gasteiger partial charge in [-0.25, -0.2) is 0 Å². The Kier molecular flexibility index (Phi) is 8.79. The summed E-state index contributed by atoms with van der Waals surface area (Å²) in [7, 11) is 1.67. The van der Waals surface area contributed by atoms with E-state index in [2.05, 4.69) is 0 Å². The molecule has 1 aliphatic rings. The lowest BCUT2D eigenvalue weighted by Gasteiger charge is -2.26. The number of ether oxygens (including phenoxy) is 3. The maximum Gasteiger partial charge on any atom is 0.309 e. The molecule has 0 aromatic rings. The summed E-state index contributed by atoms with van der Waals surface area (Å²) in [5.74, 6) is 0.584. The van der Waals surface area contributed by atoms with E-state index >= 15 is 0 Å². The summed E-state index contributed by atoms with van der Waals surface area (Å²) in [5.41, 5.74) is 5.63. The Morgan fingerprint density at radius 1 is 1.11 bits per heavy atom. The molecule has 1 aliphatic carbocycles. The first kappa shape index (κ1) is 16.4. The average molecular weight is 273 g/mol. The summed E-state index contributed by atoms with van der Waals surface area (Å²) in [4.78, 5) is 11.8. The molecule has 0 aromatic heterocycles. The Bertz CT molecular complexity index is 240. The molecule has 0 aromatic carbocycles. The zero-order valence-corrected chi connectivity index (χ0v) is 11.9. The summed E-state index contributed by atoms with van der Waals surface area (Å²) in [6, 6.07) is 0. The van der Waals surface area contributed by atoms with Gasteiger partial charge in [0.05, 0.1) is 12.5 Å². The van der Waals surface area contributed by atoms with Gasteiger partial charge in [0.1, 0.15) is 6.61 Å². The molecule has 1 fully saturated rings. The van der Waals surface area contributed by atoms with Crippen LogP contribution in [0, 0.1) is 11.8 Å². The second kappa shape index (κ2) is 10.2. The van der Waals surface area contributed by atoms with Crippen LogP contribution in [0.2, 0.25) is 0 Å². The molecule has 19 heavy (non-hydrogen) atoms. The molecule has 0 unspecified atom stereocenters. The van der Waals surface area contributed by atoms with Gasteiger partial charge in [-0.05, 0) is 44.6 Å². The van der Waals surface area contributed by atoms with Gasteiger partial charge in [0, 0.05) is 20.3 Å². The van der Waals surface area contributed by atoms with Gasteiger partial charge >= 0.3 is 5.97 Å². The molecule has 5 nitrogen and oxygen atoms in total. The fourth-order valence-electron chi connectivity index (χ4n) is 2.36. The van der Waals surface area contributed by atoms with E-state index in [1.54, 1.807) is 7.11 Å². The highest BCUT2D eigenvalue weighted by Gasteiger charge is 2.26. The van der Waals surface area contributed by atoms with E-state index in [-0.39, 0.29) is 11.9 Å². The normalized spacial score (nSPS) is 23.3. The summed E-state index contributed by atoms with van der Waals surface area (Å²) in [6.45, 7) is 2.89. The summed E-state index contributed by atoms with van der Waals surface area (Å²) >= 11 is 0. The maximum atomic E-state index is 11.8. The van der Waals surface area contributed by atoms with Gasteiger partial charge in [0.15, 0.2) is 0 Å². The van der Waals surface area contributed by atoms with Crippen molar-refractivity contribution in [2.24, 2.45) is 17.6 Å². The lowest BCUT2D eigenvalue weighted by Crippen LogP contribution is -2.27. The van der Waals surface area contributed by atoms with Crippen LogP contribution in [0.25, 0.3) is 0 Å². The second-order valence-electron chi connectivity index (χ2n) is 5.08. The van der Waals surface area contributed by atoms with Gasteiger partial charge in [0.25, 0.3) is 0 Å². The maximum absolute atomic E-state index is 11.8. The molecule has 5 heteroatoms. The number of methoxy groups -OCH3 is 1. The topological polar surface area (TPSA) is 70.8 Å². The van der Waals surface area contributed by atoms with E-state index in [0.717, 1.165) is 38.6 Å². The Balaban J connectivity index is 1.99. The molecule has 0 amide bonds. The van der Waals surface area contributed by atoms with Gasteiger partial charge in [-0.15, -0.1) is 0 Å². The van der Waals surface area contributed by atoms with Gasteiger partial charge in [-0.1, -0.05) is 0 Å². The van der Waals surface area contributed by atoms with E-state index in [1.807, 2.05) is 0 Å². The Morgan fingerprint density at radius 2 is 1.84 bits per heavy atom. The van der Waals surface area contributed by atoms with E-state index in [9.17, 15) is 4.79 Å². The Labute approximate surface area is 115 Å². The fourth-order valence-corrected chi connectivity index (χ4v) is 2.36. The van der Waals surface area contributed by atoms with Crippen LogP contribution in [0.5, 0.6) is 0 Å². The number of carbonyl (C=O) groups excluding carboxylic acids is 1. The van der Waals surface area contributed by atoms with Crippen LogP contribution in [0.15, 0.2) is 0 Å². The standard InChI is InChI=1S/C14H27NO4/c1-17-7-2-8-18-9-10-19-14(16)13-5-3-12(11-15)4-6-13/h12-13H,2-11,15H2,1H3. The Morgan fingerprint density at radius 3 is 2.47 bits per heavy atom. The minimum atomic E-state index is -0.0732. The number of hydrogen-bond donors (Lipinski definition) is 1. The van der Waals surface area contributed by atoms with Crippen LogP contribution >= 0.6 is 0 Å². The predicted molar refractivity (Wildman–Crippen MR) is 72.8 cm³/mol. The van der Waals surface area contributed by atoms with E-state index in [0.29, 0.717) is 32.3 Å². The third kappa shape index (κ3) is 6.89. The lowest BCUT2D eigenvalue weighted by molar-refractivity contribution is -0.151. The van der Waals surface area contributed by atoms with Crippen LogP contribution in [0.3, 0.4) is 0 Å². The third-order valence-electron chi connectivity index (χ3n) is 3.62. The molecule has 0 spiro atoms. The van der Waals surface area contributed by atoms with Gasteiger partial charge in [-0.2, -0.15) is 0 Å². The van der Waals surface area contributed by atoms with Crippen LogP contribution in [0.4, 0.5) is 0 Å². The zero-order chi connectivity index (χ0) is 13.9. The van der Waals surface area contributed by atoms with Crippen molar-refractivity contribution in [2.75, 3.05) is 40.1 Å². The first-order valence-electron chi connectivity index (χ1n) is 7.21. The van der Waals surface area contributed by atoms with Crippen LogP contribution in [-0.4, -0.2) is 46.1 Å². The first-order valence-corrected chi connectivity index (χ1v) is 7.21. The van der Waals surface area contributed by atoms with Crippen LogP contribution < -0.4 is 5.73 Å². The number of nitrogens with two attached hydrogens (primary N) is 1. The second-order valence-corrected chi connectivity index (χ2v) is 5.08. The molecule has 0 heterocycles. The first-order chi connectivity index (χ1) is 9.27. The highest BCUT2D eigenvalue weighted by Crippen LogP contribution is 2.28. The van der Waals surface area contributed by atoms with Crippen molar-refractivity contribution in [1.29, 1.82) is 0 Å². The molecule has 112 valence electrons. The number of hydrogen-bond acceptors (Lipinski definition) is 5. The molecule has 0 radical (unpaired) electrons. The molecule has 0 saturated heterocycles. The van der Waals surface area contributed by atoms with E-state index in [1.165, 1.54) is 0 Å². The zero-order valence-electron chi connectivity index (χ0n) is 11.9. The quantitative estimate of drug-likeness (QED) is 0.507. The van der Waals surface area contributed by atoms with E-state index < -0.39 is 0 Å². The average Bonchev–Trinajstić information content (AvgIpc) is 2.46. The summed E-state index contributed by atoms with van der Waals surface area (Å²) in [6.07, 6.45) is 4.78. The van der Waals surface area contributed by atoms with Crippen molar-refractivity contribution in [1.82, 2.24) is 0 Å². The SMILES string of the molecule is COCCCOCCOC(=O)C1CCC(CN)CC1. The summed E-state index contributed by atoms with van der Waals surface area (Å²) in [5, 5.41) is 0. The van der Waals surface area contributed by atoms with Gasteiger partial charge in [0.2, 0.25) is 0 Å². The Hall–Kier alpha value is -0.650. The third-order valence-corrected chi connectivity index (χ3v) is 3.62.